The SMILES string of the molecule is CCC(=O)Nc1cccc(NC(C)CC2CCCN2)c1. The van der Waals surface area contributed by atoms with Gasteiger partial charge in [0, 0.05) is 29.9 Å². The summed E-state index contributed by atoms with van der Waals surface area (Å²) in [5.74, 6) is 0.0466. The van der Waals surface area contributed by atoms with E-state index in [1.54, 1.807) is 0 Å². The summed E-state index contributed by atoms with van der Waals surface area (Å²) in [5, 5.41) is 9.92. The number of amides is 1. The lowest BCUT2D eigenvalue weighted by atomic mass is 10.1. The molecule has 1 aromatic carbocycles. The highest BCUT2D eigenvalue weighted by atomic mass is 16.1. The Morgan fingerprint density at radius 3 is 2.95 bits per heavy atom. The van der Waals surface area contributed by atoms with Crippen molar-refractivity contribution < 1.29 is 4.79 Å². The number of hydrogen-bond acceptors (Lipinski definition) is 3. The van der Waals surface area contributed by atoms with E-state index in [4.69, 9.17) is 0 Å². The van der Waals surface area contributed by atoms with Gasteiger partial charge < -0.3 is 16.0 Å². The van der Waals surface area contributed by atoms with Crippen LogP contribution in [0, 0.1) is 0 Å². The van der Waals surface area contributed by atoms with Gasteiger partial charge in [-0.05, 0) is 50.9 Å². The molecule has 1 aromatic rings. The molecule has 1 heterocycles. The molecule has 1 amide bonds. The molecule has 0 bridgehead atoms. The molecule has 4 heteroatoms. The largest absolute Gasteiger partial charge is 0.382 e. The molecule has 2 unspecified atom stereocenters. The number of nitrogens with one attached hydrogen (secondary N) is 3. The van der Waals surface area contributed by atoms with Crippen molar-refractivity contribution in [1.82, 2.24) is 5.32 Å². The van der Waals surface area contributed by atoms with Crippen molar-refractivity contribution in [1.29, 1.82) is 0 Å². The third kappa shape index (κ3) is 4.53. The van der Waals surface area contributed by atoms with Gasteiger partial charge >= 0.3 is 0 Å². The van der Waals surface area contributed by atoms with Crippen LogP contribution < -0.4 is 16.0 Å². The first kappa shape index (κ1) is 14.9. The molecular formula is C16H25N3O. The zero-order valence-corrected chi connectivity index (χ0v) is 12.4. The summed E-state index contributed by atoms with van der Waals surface area (Å²) in [6.45, 7) is 5.21. The molecule has 1 aliphatic rings. The van der Waals surface area contributed by atoms with E-state index in [0.717, 1.165) is 24.3 Å². The van der Waals surface area contributed by atoms with Crippen molar-refractivity contribution in [2.45, 2.75) is 51.6 Å². The first-order chi connectivity index (χ1) is 9.67. The monoisotopic (exact) mass is 275 g/mol. The second-order valence-corrected chi connectivity index (χ2v) is 5.56. The van der Waals surface area contributed by atoms with Gasteiger partial charge in [-0.25, -0.2) is 0 Å². The van der Waals surface area contributed by atoms with Gasteiger partial charge in [0.15, 0.2) is 0 Å². The van der Waals surface area contributed by atoms with E-state index >= 15 is 0 Å². The fourth-order valence-electron chi connectivity index (χ4n) is 2.66. The highest BCUT2D eigenvalue weighted by Crippen LogP contribution is 2.18. The molecular weight excluding hydrogens is 250 g/mol. The Hall–Kier alpha value is -1.55. The molecule has 2 atom stereocenters. The molecule has 0 saturated carbocycles. The second-order valence-electron chi connectivity index (χ2n) is 5.56. The lowest BCUT2D eigenvalue weighted by Gasteiger charge is -2.19. The Balaban J connectivity index is 1.88. The van der Waals surface area contributed by atoms with Crippen LogP contribution in [0.2, 0.25) is 0 Å². The number of rotatable bonds is 6. The van der Waals surface area contributed by atoms with Crippen molar-refractivity contribution in [3.8, 4) is 0 Å². The zero-order chi connectivity index (χ0) is 14.4. The van der Waals surface area contributed by atoms with Gasteiger partial charge in [0.25, 0.3) is 0 Å². The molecule has 2 rings (SSSR count). The van der Waals surface area contributed by atoms with E-state index < -0.39 is 0 Å². The van der Waals surface area contributed by atoms with Gasteiger partial charge in [0.05, 0.1) is 0 Å². The average Bonchev–Trinajstić information content (AvgIpc) is 2.91. The van der Waals surface area contributed by atoms with Crippen molar-refractivity contribution in [2.75, 3.05) is 17.2 Å². The predicted molar refractivity (Wildman–Crippen MR) is 84.1 cm³/mol. The fourth-order valence-corrected chi connectivity index (χ4v) is 2.66. The van der Waals surface area contributed by atoms with Crippen LogP contribution in [0.1, 0.15) is 39.5 Å². The number of anilines is 2. The summed E-state index contributed by atoms with van der Waals surface area (Å²) in [6, 6.07) is 8.98. The molecule has 1 saturated heterocycles. The van der Waals surface area contributed by atoms with Crippen LogP contribution in [0.15, 0.2) is 24.3 Å². The summed E-state index contributed by atoms with van der Waals surface area (Å²) in [5.41, 5.74) is 1.91. The van der Waals surface area contributed by atoms with Crippen molar-refractivity contribution in [3.63, 3.8) is 0 Å². The maximum Gasteiger partial charge on any atom is 0.224 e. The van der Waals surface area contributed by atoms with E-state index in [-0.39, 0.29) is 5.91 Å². The summed E-state index contributed by atoms with van der Waals surface area (Å²) in [6.07, 6.45) is 4.20. The Kier molecular flexibility index (Phi) is 5.41. The number of benzene rings is 1. The topological polar surface area (TPSA) is 53.2 Å². The normalized spacial score (nSPS) is 19.6. The minimum Gasteiger partial charge on any atom is -0.382 e. The number of carbonyl (C=O) groups excluding carboxylic acids is 1. The van der Waals surface area contributed by atoms with E-state index in [9.17, 15) is 4.79 Å². The molecule has 0 aliphatic carbocycles. The molecule has 3 N–H and O–H groups in total. The van der Waals surface area contributed by atoms with Crippen molar-refractivity contribution in [2.24, 2.45) is 0 Å². The van der Waals surface area contributed by atoms with E-state index in [2.05, 4.69) is 22.9 Å². The Bertz CT molecular complexity index is 441. The Morgan fingerprint density at radius 2 is 2.25 bits per heavy atom. The molecule has 1 aliphatic heterocycles. The molecule has 4 nitrogen and oxygen atoms in total. The minimum absolute atomic E-state index is 0.0466. The molecule has 110 valence electrons. The quantitative estimate of drug-likeness (QED) is 0.748. The van der Waals surface area contributed by atoms with E-state index in [0.29, 0.717) is 18.5 Å². The summed E-state index contributed by atoms with van der Waals surface area (Å²) in [7, 11) is 0. The Morgan fingerprint density at radius 1 is 1.45 bits per heavy atom. The summed E-state index contributed by atoms with van der Waals surface area (Å²) >= 11 is 0. The van der Waals surface area contributed by atoms with Crippen LogP contribution in [0.3, 0.4) is 0 Å². The Labute approximate surface area is 121 Å². The van der Waals surface area contributed by atoms with Gasteiger partial charge in [0.2, 0.25) is 5.91 Å². The van der Waals surface area contributed by atoms with Crippen molar-refractivity contribution >= 4 is 17.3 Å². The van der Waals surface area contributed by atoms with Gasteiger partial charge in [-0.2, -0.15) is 0 Å². The highest BCUT2D eigenvalue weighted by molar-refractivity contribution is 5.90. The maximum atomic E-state index is 11.4. The van der Waals surface area contributed by atoms with E-state index in [1.165, 1.54) is 12.8 Å². The van der Waals surface area contributed by atoms with Gasteiger partial charge in [0.1, 0.15) is 0 Å². The summed E-state index contributed by atoms with van der Waals surface area (Å²) in [4.78, 5) is 11.4. The standard InChI is InChI=1S/C16H25N3O/c1-3-16(20)19-15-7-4-6-14(11-15)18-12(2)10-13-8-5-9-17-13/h4,6-7,11-13,17-18H,3,5,8-10H2,1-2H3,(H,19,20). The molecule has 1 fully saturated rings. The summed E-state index contributed by atoms with van der Waals surface area (Å²) < 4.78 is 0. The van der Waals surface area contributed by atoms with Gasteiger partial charge in [-0.1, -0.05) is 13.0 Å². The van der Waals surface area contributed by atoms with Crippen LogP contribution in [0.25, 0.3) is 0 Å². The predicted octanol–water partition coefficient (Wildman–Crippen LogP) is 2.98. The van der Waals surface area contributed by atoms with E-state index in [1.807, 2.05) is 31.2 Å². The van der Waals surface area contributed by atoms with Crippen LogP contribution in [-0.4, -0.2) is 24.5 Å². The second kappa shape index (κ2) is 7.29. The molecule has 0 aromatic heterocycles. The first-order valence-electron chi connectivity index (χ1n) is 7.57. The van der Waals surface area contributed by atoms with Gasteiger partial charge in [-0.3, -0.25) is 4.79 Å². The molecule has 0 radical (unpaired) electrons. The van der Waals surface area contributed by atoms with Gasteiger partial charge in [-0.15, -0.1) is 0 Å². The first-order valence-corrected chi connectivity index (χ1v) is 7.57. The highest BCUT2D eigenvalue weighted by Gasteiger charge is 2.16. The van der Waals surface area contributed by atoms with Crippen molar-refractivity contribution in [3.05, 3.63) is 24.3 Å². The maximum absolute atomic E-state index is 11.4. The lowest BCUT2D eigenvalue weighted by Crippen LogP contribution is -2.29. The molecule has 20 heavy (non-hydrogen) atoms. The van der Waals surface area contributed by atoms with Crippen LogP contribution in [-0.2, 0) is 4.79 Å². The number of hydrogen-bond donors (Lipinski definition) is 3. The van der Waals surface area contributed by atoms with Crippen LogP contribution in [0.4, 0.5) is 11.4 Å². The lowest BCUT2D eigenvalue weighted by molar-refractivity contribution is -0.115. The fraction of sp³-hybridized carbons (Fsp3) is 0.562. The van der Waals surface area contributed by atoms with Crippen LogP contribution in [0.5, 0.6) is 0 Å². The average molecular weight is 275 g/mol. The number of carbonyl (C=O) groups is 1. The van der Waals surface area contributed by atoms with Crippen LogP contribution >= 0.6 is 0 Å². The molecule has 0 spiro atoms. The smallest absolute Gasteiger partial charge is 0.224 e. The third-order valence-corrected chi connectivity index (χ3v) is 3.68. The zero-order valence-electron chi connectivity index (χ0n) is 12.4. The third-order valence-electron chi connectivity index (χ3n) is 3.68. The minimum atomic E-state index is 0.0466.